The maximum atomic E-state index is 13.8. The lowest BCUT2D eigenvalue weighted by Gasteiger charge is -2.25. The highest BCUT2D eigenvalue weighted by Gasteiger charge is 2.24. The van der Waals surface area contributed by atoms with Gasteiger partial charge in [0.25, 0.3) is 5.56 Å². The predicted octanol–water partition coefficient (Wildman–Crippen LogP) is 2.26. The topological polar surface area (TPSA) is 129 Å². The molecule has 3 aromatic heterocycles. The van der Waals surface area contributed by atoms with Gasteiger partial charge in [-0.15, -0.1) is 5.92 Å². The van der Waals surface area contributed by atoms with Gasteiger partial charge < -0.3 is 15.0 Å². The molecule has 0 aliphatic heterocycles. The molecule has 1 N–H and O–H groups in total. The number of aromatic nitrogens is 6. The minimum Gasteiger partial charge on any atom is -0.444 e. The zero-order chi connectivity index (χ0) is 29.2. The summed E-state index contributed by atoms with van der Waals surface area (Å²) in [7, 11) is 3.39. The Labute approximate surface area is 231 Å². The number of hydrogen-bond acceptors (Lipinski definition) is 8. The summed E-state index contributed by atoms with van der Waals surface area (Å²) in [6.07, 6.45) is 2.68. The van der Waals surface area contributed by atoms with Crippen molar-refractivity contribution < 1.29 is 9.53 Å². The van der Waals surface area contributed by atoms with Crippen molar-refractivity contribution in [2.45, 2.75) is 59.4 Å². The van der Waals surface area contributed by atoms with Gasteiger partial charge >= 0.3 is 11.8 Å². The van der Waals surface area contributed by atoms with E-state index in [-0.39, 0.29) is 30.3 Å². The van der Waals surface area contributed by atoms with Crippen LogP contribution in [-0.2, 0) is 24.9 Å². The van der Waals surface area contributed by atoms with Crippen molar-refractivity contribution in [2.24, 2.45) is 7.05 Å². The molecule has 40 heavy (non-hydrogen) atoms. The van der Waals surface area contributed by atoms with E-state index in [1.807, 2.05) is 30.0 Å². The molecule has 0 radical (unpaired) electrons. The first-order chi connectivity index (χ1) is 18.9. The average molecular weight is 547 g/mol. The highest BCUT2D eigenvalue weighted by molar-refractivity contribution is 5.76. The molecule has 0 bridgehead atoms. The number of aryl methyl sites for hydroxylation is 1. The Bertz CT molecular complexity index is 1750. The van der Waals surface area contributed by atoms with Crippen LogP contribution in [0.1, 0.15) is 40.2 Å². The molecule has 4 rings (SSSR count). The molecular formula is C28H34N8O4. The van der Waals surface area contributed by atoms with Gasteiger partial charge in [-0.3, -0.25) is 28.5 Å². The third kappa shape index (κ3) is 5.98. The number of nitrogens with zero attached hydrogens (tertiary/aromatic N) is 7. The molecule has 1 atom stereocenters. The van der Waals surface area contributed by atoms with Gasteiger partial charge in [0.05, 0.1) is 24.1 Å². The highest BCUT2D eigenvalue weighted by Crippen LogP contribution is 2.19. The number of imidazole rings is 1. The van der Waals surface area contributed by atoms with E-state index in [0.717, 1.165) is 11.1 Å². The Morgan fingerprint density at radius 1 is 1.15 bits per heavy atom. The summed E-state index contributed by atoms with van der Waals surface area (Å²) in [5, 5.41) is 2.82. The van der Waals surface area contributed by atoms with Gasteiger partial charge in [0, 0.05) is 39.1 Å². The molecule has 210 valence electrons. The molecule has 3 heterocycles. The van der Waals surface area contributed by atoms with Crippen LogP contribution in [0.4, 0.5) is 10.7 Å². The van der Waals surface area contributed by atoms with Crippen LogP contribution >= 0.6 is 0 Å². The van der Waals surface area contributed by atoms with Gasteiger partial charge in [0.15, 0.2) is 11.2 Å². The minimum atomic E-state index is -0.618. The van der Waals surface area contributed by atoms with Crippen LogP contribution in [0.15, 0.2) is 40.2 Å². The van der Waals surface area contributed by atoms with Gasteiger partial charge in [-0.05, 0) is 52.3 Å². The maximum Gasteiger partial charge on any atom is 0.407 e. The van der Waals surface area contributed by atoms with Crippen molar-refractivity contribution in [1.82, 2.24) is 34.0 Å². The first-order valence-electron chi connectivity index (χ1n) is 12.9. The quantitative estimate of drug-likeness (QED) is 0.350. The number of amides is 1. The van der Waals surface area contributed by atoms with Gasteiger partial charge in [0.2, 0.25) is 5.95 Å². The predicted molar refractivity (Wildman–Crippen MR) is 153 cm³/mol. The van der Waals surface area contributed by atoms with E-state index in [2.05, 4.69) is 32.1 Å². The largest absolute Gasteiger partial charge is 0.444 e. The zero-order valence-corrected chi connectivity index (χ0v) is 23.8. The molecule has 1 aromatic carbocycles. The summed E-state index contributed by atoms with van der Waals surface area (Å²) >= 11 is 0. The Morgan fingerprint density at radius 3 is 2.52 bits per heavy atom. The van der Waals surface area contributed by atoms with Crippen LogP contribution in [0, 0.1) is 11.8 Å². The fourth-order valence-electron chi connectivity index (χ4n) is 4.44. The molecule has 0 spiro atoms. The fraction of sp³-hybridized carbons (Fsp3) is 0.429. The Hall–Kier alpha value is -4.66. The van der Waals surface area contributed by atoms with Crippen LogP contribution in [0.25, 0.3) is 22.2 Å². The second kappa shape index (κ2) is 11.2. The number of benzene rings is 1. The third-order valence-electron chi connectivity index (χ3n) is 6.15. The average Bonchev–Trinajstić information content (AvgIpc) is 3.27. The van der Waals surface area contributed by atoms with E-state index < -0.39 is 22.9 Å². The summed E-state index contributed by atoms with van der Waals surface area (Å²) in [4.78, 5) is 54.5. The molecule has 0 aliphatic rings. The molecular weight excluding hydrogens is 512 g/mol. The lowest BCUT2D eigenvalue weighted by Crippen LogP contribution is -2.43. The van der Waals surface area contributed by atoms with E-state index in [9.17, 15) is 14.4 Å². The van der Waals surface area contributed by atoms with Gasteiger partial charge in [-0.2, -0.15) is 4.98 Å². The van der Waals surface area contributed by atoms with Crippen molar-refractivity contribution in [1.29, 1.82) is 0 Å². The Balaban J connectivity index is 1.73. The second-order valence-electron chi connectivity index (χ2n) is 10.6. The molecule has 1 amide bonds. The van der Waals surface area contributed by atoms with Gasteiger partial charge in [0.1, 0.15) is 5.60 Å². The van der Waals surface area contributed by atoms with Crippen LogP contribution < -0.4 is 21.5 Å². The number of hydrogen-bond donors (Lipinski definition) is 1. The van der Waals surface area contributed by atoms with Crippen LogP contribution in [0.2, 0.25) is 0 Å². The monoisotopic (exact) mass is 546 g/mol. The summed E-state index contributed by atoms with van der Waals surface area (Å²) in [6, 6.07) is 5.15. The first kappa shape index (κ1) is 28.4. The Kier molecular flexibility index (Phi) is 7.95. The van der Waals surface area contributed by atoms with Gasteiger partial charge in [-0.25, -0.2) is 9.59 Å². The Morgan fingerprint density at radius 2 is 1.85 bits per heavy atom. The van der Waals surface area contributed by atoms with Crippen molar-refractivity contribution in [3.63, 3.8) is 0 Å². The van der Waals surface area contributed by atoms with E-state index in [4.69, 9.17) is 4.74 Å². The summed E-state index contributed by atoms with van der Waals surface area (Å²) in [5.74, 6) is 6.31. The number of carbonyl (C=O) groups excluding carboxylic acids is 1. The van der Waals surface area contributed by atoms with Crippen molar-refractivity contribution in [3.05, 3.63) is 57.0 Å². The number of nitrogens with one attached hydrogen (secondary N) is 1. The van der Waals surface area contributed by atoms with Crippen molar-refractivity contribution >= 4 is 34.2 Å². The third-order valence-corrected chi connectivity index (χ3v) is 6.15. The molecule has 0 saturated carbocycles. The molecule has 12 nitrogen and oxygen atoms in total. The lowest BCUT2D eigenvalue weighted by atomic mass is 10.2. The smallest absolute Gasteiger partial charge is 0.407 e. The molecule has 4 aromatic rings. The fourth-order valence-corrected chi connectivity index (χ4v) is 4.44. The SMILES string of the molecule is CC#CCn1c(N(C)C[C@H](C)NC(=O)OC(C)(C)C)nc2c1c(=O)n(Cc1ccc3nccnc3c1)c(=O)n2C. The summed E-state index contributed by atoms with van der Waals surface area (Å²) < 4.78 is 9.61. The van der Waals surface area contributed by atoms with Crippen LogP contribution in [-0.4, -0.2) is 60.0 Å². The van der Waals surface area contributed by atoms with Crippen LogP contribution in [0.5, 0.6) is 0 Å². The van der Waals surface area contributed by atoms with Crippen molar-refractivity contribution in [3.8, 4) is 11.8 Å². The van der Waals surface area contributed by atoms with E-state index >= 15 is 0 Å². The maximum absolute atomic E-state index is 13.8. The molecule has 0 unspecified atom stereocenters. The molecule has 12 heteroatoms. The van der Waals surface area contributed by atoms with Crippen molar-refractivity contribution in [2.75, 3.05) is 18.5 Å². The number of likely N-dealkylation sites (N-methyl/N-ethyl adjacent to an activating group) is 1. The second-order valence-corrected chi connectivity index (χ2v) is 10.6. The van der Waals surface area contributed by atoms with Crippen LogP contribution in [0.3, 0.4) is 0 Å². The van der Waals surface area contributed by atoms with Gasteiger partial charge in [-0.1, -0.05) is 12.0 Å². The number of rotatable bonds is 7. The standard InChI is InChI=1S/C28H34N8O4/c1-8-9-14-35-22-23(32-25(35)33(6)16-18(2)31-26(38)40-28(3,4)5)34(7)27(39)36(24(22)37)17-19-10-11-20-21(15-19)30-13-12-29-20/h10-13,15,18H,14,16-17H2,1-7H3,(H,31,38)/t18-/m0/s1. The lowest BCUT2D eigenvalue weighted by molar-refractivity contribution is 0.0510. The highest BCUT2D eigenvalue weighted by atomic mass is 16.6. The molecule has 0 saturated heterocycles. The number of carbonyl (C=O) groups is 1. The number of fused-ring (bicyclic) bond motifs is 2. The minimum absolute atomic E-state index is 0.0562. The normalized spacial score (nSPS) is 12.2. The number of anilines is 1. The zero-order valence-electron chi connectivity index (χ0n) is 23.8. The molecule has 0 fully saturated rings. The summed E-state index contributed by atoms with van der Waals surface area (Å²) in [6.45, 7) is 9.56. The van der Waals surface area contributed by atoms with E-state index in [1.54, 1.807) is 58.8 Å². The molecule has 0 aliphatic carbocycles. The first-order valence-corrected chi connectivity index (χ1v) is 12.9. The van der Waals surface area contributed by atoms with E-state index in [1.165, 1.54) is 9.13 Å². The number of alkyl carbamates (subject to hydrolysis) is 1. The number of ether oxygens (including phenoxy) is 1. The van der Waals surface area contributed by atoms with E-state index in [0.29, 0.717) is 18.0 Å². The summed E-state index contributed by atoms with van der Waals surface area (Å²) in [5.41, 5.74) is 1.08.